The third-order valence-corrected chi connectivity index (χ3v) is 1.22. The van der Waals surface area contributed by atoms with Gasteiger partial charge in [0, 0.05) is 6.42 Å². The van der Waals surface area contributed by atoms with Crippen LogP contribution >= 0.6 is 0 Å². The van der Waals surface area contributed by atoms with Gasteiger partial charge < -0.3 is 9.90 Å². The average molecular weight is 120 g/mol. The minimum absolute atomic E-state index is 0.128. The molecule has 0 atom stereocenters. The summed E-state index contributed by atoms with van der Waals surface area (Å²) in [5.74, 6) is -0.818. The van der Waals surface area contributed by atoms with Crippen LogP contribution in [0.5, 0.6) is 0 Å². The highest BCUT2D eigenvalue weighted by atomic mass is 28.2. The lowest BCUT2D eigenvalue weighted by Gasteiger charge is -1.84. The van der Waals surface area contributed by atoms with Crippen LogP contribution in [0.4, 0.5) is 0 Å². The van der Waals surface area contributed by atoms with Gasteiger partial charge in [-0.05, 0) is 6.04 Å². The summed E-state index contributed by atoms with van der Waals surface area (Å²) in [7, 11) is -1.01. The Labute approximate surface area is 43.9 Å². The topological polar surface area (TPSA) is 57.5 Å². The molecule has 0 aliphatic heterocycles. The van der Waals surface area contributed by atoms with Gasteiger partial charge in [0.25, 0.3) is 0 Å². The van der Waals surface area contributed by atoms with Crippen LogP contribution in [0, 0.1) is 0 Å². The largest absolute Gasteiger partial charge is 0.481 e. The molecule has 0 bridgehead atoms. The summed E-state index contributed by atoms with van der Waals surface area (Å²) in [6, 6.07) is 0.495. The van der Waals surface area contributed by atoms with Crippen LogP contribution in [0.3, 0.4) is 0 Å². The smallest absolute Gasteiger partial charge is 0.303 e. The zero-order valence-corrected chi connectivity index (χ0v) is 5.34. The maximum absolute atomic E-state index is 9.67. The molecule has 0 heterocycles. The van der Waals surface area contributed by atoms with Gasteiger partial charge in [0.1, 0.15) is 0 Å². The van der Waals surface area contributed by atoms with Crippen LogP contribution in [-0.2, 0) is 4.79 Å². The van der Waals surface area contributed by atoms with Gasteiger partial charge in [-0.25, -0.2) is 0 Å². The van der Waals surface area contributed by atoms with Crippen molar-refractivity contribution in [3.8, 4) is 0 Å². The molecule has 4 heteroatoms. The first kappa shape index (κ1) is 6.65. The lowest BCUT2D eigenvalue weighted by molar-refractivity contribution is -0.136. The summed E-state index contributed by atoms with van der Waals surface area (Å²) in [6.07, 6.45) is 0.128. The summed E-state index contributed by atoms with van der Waals surface area (Å²) in [6.45, 7) is 0. The first-order chi connectivity index (χ1) is 3.27. The highest BCUT2D eigenvalue weighted by molar-refractivity contribution is 6.25. The van der Waals surface area contributed by atoms with Crippen LogP contribution in [0.25, 0.3) is 0 Å². The Morgan fingerprint density at radius 1 is 1.71 bits per heavy atom. The Bertz CT molecular complexity index is 63.2. The second-order valence-corrected chi connectivity index (χ2v) is 2.38. The molecule has 0 rings (SSSR count). The van der Waals surface area contributed by atoms with Gasteiger partial charge in [0.05, 0.1) is 0 Å². The summed E-state index contributed by atoms with van der Waals surface area (Å²) >= 11 is 0. The van der Waals surface area contributed by atoms with E-state index in [2.05, 4.69) is 0 Å². The molecule has 0 saturated heterocycles. The molecular weight excluding hydrogens is 112 g/mol. The second kappa shape index (κ2) is 3.82. The fourth-order valence-corrected chi connectivity index (χ4v) is 0.691. The van der Waals surface area contributed by atoms with Crippen molar-refractivity contribution in [1.29, 1.82) is 0 Å². The molecule has 7 heavy (non-hydrogen) atoms. The predicted octanol–water partition coefficient (Wildman–Crippen LogP) is -1.04. The molecule has 0 aliphatic rings. The molecule has 3 nitrogen and oxygen atoms in total. The maximum Gasteiger partial charge on any atom is 0.303 e. The number of hydrogen-bond acceptors (Lipinski definition) is 2. The molecule has 0 amide bonds. The molecule has 0 radical (unpaired) electrons. The first-order valence-electron chi connectivity index (χ1n) is 2.10. The van der Waals surface area contributed by atoms with E-state index in [1.54, 1.807) is 0 Å². The zero-order valence-electron chi connectivity index (χ0n) is 3.92. The van der Waals surface area contributed by atoms with E-state index in [1.165, 1.54) is 0 Å². The van der Waals surface area contributed by atoms with Gasteiger partial charge in [-0.2, -0.15) is 0 Å². The van der Waals surface area contributed by atoms with Crippen LogP contribution in [0.1, 0.15) is 6.42 Å². The van der Waals surface area contributed by atoms with Crippen LogP contribution in [0.2, 0.25) is 6.04 Å². The minimum Gasteiger partial charge on any atom is -0.481 e. The van der Waals surface area contributed by atoms with Crippen molar-refractivity contribution >= 4 is 15.7 Å². The van der Waals surface area contributed by atoms with Gasteiger partial charge in [0.15, 0.2) is 9.76 Å². The molecule has 2 N–H and O–H groups in total. The average Bonchev–Trinajstić information content (AvgIpc) is 1.61. The van der Waals surface area contributed by atoms with Crippen molar-refractivity contribution < 1.29 is 14.7 Å². The quantitative estimate of drug-likeness (QED) is 0.467. The second-order valence-electron chi connectivity index (χ2n) is 1.22. The fourth-order valence-electron chi connectivity index (χ4n) is 0.230. The molecule has 0 aliphatic carbocycles. The van der Waals surface area contributed by atoms with Crippen LogP contribution < -0.4 is 0 Å². The van der Waals surface area contributed by atoms with Gasteiger partial charge in [-0.15, -0.1) is 0 Å². The Morgan fingerprint density at radius 2 is 2.29 bits per heavy atom. The molecule has 0 aromatic carbocycles. The summed E-state index contributed by atoms with van der Waals surface area (Å²) < 4.78 is 0. The van der Waals surface area contributed by atoms with E-state index in [1.807, 2.05) is 0 Å². The van der Waals surface area contributed by atoms with Crippen molar-refractivity contribution in [2.45, 2.75) is 12.5 Å². The number of rotatable bonds is 3. The van der Waals surface area contributed by atoms with E-state index >= 15 is 0 Å². The Balaban J connectivity index is 2.82. The number of carboxylic acids is 1. The van der Waals surface area contributed by atoms with Crippen molar-refractivity contribution in [3.63, 3.8) is 0 Å². The third-order valence-electron chi connectivity index (χ3n) is 0.549. The normalized spacial score (nSPS) is 10.4. The van der Waals surface area contributed by atoms with Crippen molar-refractivity contribution in [2.24, 2.45) is 0 Å². The van der Waals surface area contributed by atoms with E-state index in [0.29, 0.717) is 6.04 Å². The predicted molar refractivity (Wildman–Crippen MR) is 27.8 cm³/mol. The Morgan fingerprint density at radius 3 is 2.43 bits per heavy atom. The van der Waals surface area contributed by atoms with Crippen LogP contribution in [0.15, 0.2) is 0 Å². The van der Waals surface area contributed by atoms with Gasteiger partial charge in [-0.3, -0.25) is 4.79 Å². The summed E-state index contributed by atoms with van der Waals surface area (Å²) in [5.41, 5.74) is 0. The number of aliphatic carboxylic acids is 1. The number of hydrogen-bond donors (Lipinski definition) is 2. The highest BCUT2D eigenvalue weighted by Crippen LogP contribution is 1.83. The van der Waals surface area contributed by atoms with E-state index in [-0.39, 0.29) is 6.42 Å². The van der Waals surface area contributed by atoms with E-state index in [0.717, 1.165) is 0 Å². The molecule has 42 valence electrons. The van der Waals surface area contributed by atoms with E-state index < -0.39 is 15.7 Å². The van der Waals surface area contributed by atoms with Gasteiger partial charge >= 0.3 is 5.97 Å². The fraction of sp³-hybridized carbons (Fsp3) is 0.667. The number of carbonyl (C=O) groups is 1. The van der Waals surface area contributed by atoms with Gasteiger partial charge in [0.2, 0.25) is 0 Å². The van der Waals surface area contributed by atoms with E-state index in [4.69, 9.17) is 9.90 Å². The molecule has 0 aromatic rings. The van der Waals surface area contributed by atoms with E-state index in [9.17, 15) is 4.79 Å². The standard InChI is InChI=1S/C3H8O3Si/c4-3(5)1-2-7-6/h6H,1-2,7H2,(H,4,5). The molecule has 0 spiro atoms. The molecule has 0 saturated carbocycles. The molecular formula is C3H8O3Si. The Kier molecular flexibility index (Phi) is 3.63. The minimum atomic E-state index is -1.01. The molecule has 0 unspecified atom stereocenters. The number of carboxylic acid groups (broad SMARTS) is 1. The first-order valence-corrected chi connectivity index (χ1v) is 3.73. The lowest BCUT2D eigenvalue weighted by atomic mass is 10.5. The van der Waals surface area contributed by atoms with Crippen LogP contribution in [-0.4, -0.2) is 25.6 Å². The SMILES string of the molecule is O=C(O)CC[SiH2]O. The van der Waals surface area contributed by atoms with Crippen molar-refractivity contribution in [3.05, 3.63) is 0 Å². The summed E-state index contributed by atoms with van der Waals surface area (Å²) in [5, 5.41) is 7.96. The third kappa shape index (κ3) is 5.65. The Hall–Kier alpha value is -0.353. The van der Waals surface area contributed by atoms with Gasteiger partial charge in [-0.1, -0.05) is 0 Å². The monoisotopic (exact) mass is 120 g/mol. The highest BCUT2D eigenvalue weighted by Gasteiger charge is 1.92. The lowest BCUT2D eigenvalue weighted by Crippen LogP contribution is -1.96. The van der Waals surface area contributed by atoms with Crippen molar-refractivity contribution in [1.82, 2.24) is 0 Å². The summed E-state index contributed by atoms with van der Waals surface area (Å²) in [4.78, 5) is 17.9. The van der Waals surface area contributed by atoms with Crippen molar-refractivity contribution in [2.75, 3.05) is 0 Å². The zero-order chi connectivity index (χ0) is 5.70. The molecule has 0 fully saturated rings. The maximum atomic E-state index is 9.67. The molecule has 0 aromatic heterocycles.